The van der Waals surface area contributed by atoms with Crippen LogP contribution in [0.2, 0.25) is 0 Å². The number of aliphatic hydroxyl groups is 1. The number of aromatic hydroxyl groups is 1. The zero-order chi connectivity index (χ0) is 15.5. The first-order valence-electron chi connectivity index (χ1n) is 6.80. The Balaban J connectivity index is 2.44. The zero-order valence-electron chi connectivity index (χ0n) is 11.9. The third kappa shape index (κ3) is 3.25. The molecule has 1 atom stereocenters. The number of benzene rings is 1. The van der Waals surface area contributed by atoms with Crippen LogP contribution < -0.4 is 10.1 Å². The number of nitrogens with one attached hydrogen (secondary N) is 1. The van der Waals surface area contributed by atoms with E-state index in [1.54, 1.807) is 11.0 Å². The van der Waals surface area contributed by atoms with E-state index in [0.29, 0.717) is 26.2 Å². The van der Waals surface area contributed by atoms with Crippen molar-refractivity contribution in [3.05, 3.63) is 23.8 Å². The van der Waals surface area contributed by atoms with Crippen molar-refractivity contribution >= 4 is 0 Å². The zero-order valence-corrected chi connectivity index (χ0v) is 11.9. The fourth-order valence-electron chi connectivity index (χ4n) is 2.64. The first-order valence-corrected chi connectivity index (χ1v) is 6.80. The number of nitrogens with zero attached hydrogens (tertiary/aromatic N) is 1. The highest BCUT2D eigenvalue weighted by Crippen LogP contribution is 2.43. The smallest absolute Gasteiger partial charge is 0.290 e. The van der Waals surface area contributed by atoms with Crippen LogP contribution in [0.3, 0.4) is 0 Å². The fourth-order valence-corrected chi connectivity index (χ4v) is 2.64. The summed E-state index contributed by atoms with van der Waals surface area (Å²) in [5.74, 6) is -3.53. The normalized spacial score (nSPS) is 18.5. The summed E-state index contributed by atoms with van der Waals surface area (Å²) in [7, 11) is 1.36. The van der Waals surface area contributed by atoms with Gasteiger partial charge in [0.1, 0.15) is 12.6 Å². The molecule has 0 aliphatic carbocycles. The Morgan fingerprint density at radius 2 is 2.05 bits per heavy atom. The van der Waals surface area contributed by atoms with Gasteiger partial charge < -0.3 is 20.3 Å². The molecule has 3 N–H and O–H groups in total. The van der Waals surface area contributed by atoms with Crippen molar-refractivity contribution in [3.8, 4) is 11.5 Å². The molecule has 0 bridgehead atoms. The molecular weight excluding hydrogens is 282 g/mol. The van der Waals surface area contributed by atoms with Gasteiger partial charge in [-0.2, -0.15) is 0 Å². The third-order valence-electron chi connectivity index (χ3n) is 3.67. The number of ether oxygens (including phenoxy) is 1. The van der Waals surface area contributed by atoms with Gasteiger partial charge >= 0.3 is 0 Å². The quantitative estimate of drug-likeness (QED) is 0.756. The number of para-hydroxylation sites is 1. The fraction of sp³-hybridized carbons (Fsp3) is 0.571. The van der Waals surface area contributed by atoms with E-state index in [-0.39, 0.29) is 17.1 Å². The second kappa shape index (κ2) is 6.55. The lowest BCUT2D eigenvalue weighted by Gasteiger charge is -2.39. The summed E-state index contributed by atoms with van der Waals surface area (Å²) in [5, 5.41) is 22.3. The number of hydrogen-bond acceptors (Lipinski definition) is 5. The predicted octanol–water partition coefficient (Wildman–Crippen LogP) is 0.975. The topological polar surface area (TPSA) is 65.0 Å². The van der Waals surface area contributed by atoms with Crippen LogP contribution in [-0.2, 0) is 0 Å². The molecule has 118 valence electrons. The minimum Gasteiger partial charge on any atom is -0.504 e. The minimum atomic E-state index is -3.36. The summed E-state index contributed by atoms with van der Waals surface area (Å²) < 4.78 is 33.5. The van der Waals surface area contributed by atoms with Crippen molar-refractivity contribution < 1.29 is 23.7 Å². The number of halogens is 2. The van der Waals surface area contributed by atoms with Gasteiger partial charge in [-0.25, -0.2) is 8.78 Å². The number of aliphatic hydroxyl groups excluding tert-OH is 1. The minimum absolute atomic E-state index is 0.0651. The lowest BCUT2D eigenvalue weighted by molar-refractivity contribution is -0.119. The van der Waals surface area contributed by atoms with Gasteiger partial charge in [0.25, 0.3) is 5.92 Å². The summed E-state index contributed by atoms with van der Waals surface area (Å²) in [4.78, 5) is 1.57. The molecule has 1 heterocycles. The molecule has 1 aliphatic rings. The maximum Gasteiger partial charge on any atom is 0.290 e. The molecule has 1 aromatic rings. The van der Waals surface area contributed by atoms with Gasteiger partial charge in [-0.15, -0.1) is 0 Å². The molecule has 5 nitrogen and oxygen atoms in total. The van der Waals surface area contributed by atoms with Crippen molar-refractivity contribution in [2.75, 3.05) is 39.9 Å². The maximum absolute atomic E-state index is 14.2. The summed E-state index contributed by atoms with van der Waals surface area (Å²) >= 11 is 0. The molecule has 1 aromatic carbocycles. The molecule has 1 saturated heterocycles. The van der Waals surface area contributed by atoms with E-state index in [1.807, 2.05) is 0 Å². The van der Waals surface area contributed by atoms with Gasteiger partial charge in [0.05, 0.1) is 7.11 Å². The summed E-state index contributed by atoms with van der Waals surface area (Å²) in [5.41, 5.74) is 0.0651. The Hall–Kier alpha value is -1.44. The first kappa shape index (κ1) is 15.9. The van der Waals surface area contributed by atoms with Crippen molar-refractivity contribution in [1.29, 1.82) is 0 Å². The molecule has 2 rings (SSSR count). The predicted molar refractivity (Wildman–Crippen MR) is 73.9 cm³/mol. The first-order chi connectivity index (χ1) is 10.0. The van der Waals surface area contributed by atoms with E-state index >= 15 is 0 Å². The molecule has 0 unspecified atom stereocenters. The van der Waals surface area contributed by atoms with Gasteiger partial charge in [0.15, 0.2) is 11.5 Å². The van der Waals surface area contributed by atoms with Gasteiger partial charge in [-0.1, -0.05) is 12.1 Å². The van der Waals surface area contributed by atoms with Gasteiger partial charge in [0.2, 0.25) is 0 Å². The van der Waals surface area contributed by atoms with E-state index in [1.165, 1.54) is 19.2 Å². The SMILES string of the molecule is COc1cccc([C@H](N2CCNCC2)C(F)(F)CO)c1O. The molecule has 0 aromatic heterocycles. The number of rotatable bonds is 5. The van der Waals surface area contributed by atoms with Gasteiger partial charge in [-0.3, -0.25) is 4.90 Å². The van der Waals surface area contributed by atoms with Gasteiger partial charge in [-0.05, 0) is 6.07 Å². The monoisotopic (exact) mass is 302 g/mol. The largest absolute Gasteiger partial charge is 0.504 e. The van der Waals surface area contributed by atoms with Gasteiger partial charge in [0, 0.05) is 31.7 Å². The third-order valence-corrected chi connectivity index (χ3v) is 3.67. The summed E-state index contributed by atoms with van der Waals surface area (Å²) in [6.45, 7) is 0.720. The Kier molecular flexibility index (Phi) is 4.97. The van der Waals surface area contributed by atoms with E-state index in [9.17, 15) is 13.9 Å². The average molecular weight is 302 g/mol. The van der Waals surface area contributed by atoms with Crippen LogP contribution >= 0.6 is 0 Å². The molecule has 1 fully saturated rings. The standard InChI is InChI=1S/C14H20F2N2O3/c1-21-11-4-2-3-10(12(11)20)13(14(15,16)9-19)18-7-5-17-6-8-18/h2-4,13,17,19-20H,5-9H2,1H3/t13-/m0/s1. The number of methoxy groups -OCH3 is 1. The van der Waals surface area contributed by atoms with Crippen LogP contribution in [0.5, 0.6) is 11.5 Å². The van der Waals surface area contributed by atoms with Crippen LogP contribution in [0.1, 0.15) is 11.6 Å². The van der Waals surface area contributed by atoms with E-state index < -0.39 is 18.6 Å². The Labute approximate surface area is 122 Å². The molecule has 0 amide bonds. The maximum atomic E-state index is 14.2. The van der Waals surface area contributed by atoms with Crippen LogP contribution in [-0.4, -0.2) is 60.9 Å². The Bertz CT molecular complexity index is 479. The average Bonchev–Trinajstić information content (AvgIpc) is 2.50. The number of alkyl halides is 2. The Morgan fingerprint density at radius 3 is 2.62 bits per heavy atom. The number of hydrogen-bond donors (Lipinski definition) is 3. The highest BCUT2D eigenvalue weighted by atomic mass is 19.3. The van der Waals surface area contributed by atoms with Crippen molar-refractivity contribution in [3.63, 3.8) is 0 Å². The molecule has 21 heavy (non-hydrogen) atoms. The molecule has 7 heteroatoms. The highest BCUT2D eigenvalue weighted by molar-refractivity contribution is 5.47. The highest BCUT2D eigenvalue weighted by Gasteiger charge is 2.45. The second-order valence-corrected chi connectivity index (χ2v) is 5.01. The second-order valence-electron chi connectivity index (χ2n) is 5.01. The summed E-state index contributed by atoms with van der Waals surface area (Å²) in [6.07, 6.45) is 0. The number of phenols is 1. The van der Waals surface area contributed by atoms with Crippen LogP contribution in [0, 0.1) is 0 Å². The number of phenolic OH excluding ortho intramolecular Hbond substituents is 1. The van der Waals surface area contributed by atoms with E-state index in [0.717, 1.165) is 0 Å². The molecule has 0 saturated carbocycles. The van der Waals surface area contributed by atoms with E-state index in [4.69, 9.17) is 9.84 Å². The molecule has 0 spiro atoms. The van der Waals surface area contributed by atoms with Crippen molar-refractivity contribution in [2.24, 2.45) is 0 Å². The van der Waals surface area contributed by atoms with Crippen molar-refractivity contribution in [2.45, 2.75) is 12.0 Å². The van der Waals surface area contributed by atoms with Crippen LogP contribution in [0.15, 0.2) is 18.2 Å². The Morgan fingerprint density at radius 1 is 1.38 bits per heavy atom. The summed E-state index contributed by atoms with van der Waals surface area (Å²) in [6, 6.07) is 3.11. The lowest BCUT2D eigenvalue weighted by Crippen LogP contribution is -2.51. The molecular formula is C14H20F2N2O3. The van der Waals surface area contributed by atoms with Crippen LogP contribution in [0.4, 0.5) is 8.78 Å². The van der Waals surface area contributed by atoms with Crippen LogP contribution in [0.25, 0.3) is 0 Å². The van der Waals surface area contributed by atoms with E-state index in [2.05, 4.69) is 5.32 Å². The van der Waals surface area contributed by atoms with Crippen molar-refractivity contribution in [1.82, 2.24) is 10.2 Å². The number of piperazine rings is 1. The molecule has 1 aliphatic heterocycles. The molecule has 0 radical (unpaired) electrons. The lowest BCUT2D eigenvalue weighted by atomic mass is 9.97.